The zero-order chi connectivity index (χ0) is 12.1. The van der Waals surface area contributed by atoms with E-state index in [9.17, 15) is 0 Å². The van der Waals surface area contributed by atoms with Gasteiger partial charge in [-0.05, 0) is 64.6 Å². The second-order valence-corrected chi connectivity index (χ2v) is 5.74. The fraction of sp³-hybridized carbons (Fsp3) is 1.00. The van der Waals surface area contributed by atoms with Crippen molar-refractivity contribution in [3.63, 3.8) is 0 Å². The predicted octanol–water partition coefficient (Wildman–Crippen LogP) is 1.88. The third-order valence-electron chi connectivity index (χ3n) is 4.49. The number of methoxy groups -OCH3 is 1. The minimum Gasteiger partial charge on any atom is -0.381 e. The summed E-state index contributed by atoms with van der Waals surface area (Å²) in [6.45, 7) is 3.78. The van der Waals surface area contributed by atoms with Crippen LogP contribution in [-0.2, 0) is 4.74 Å². The van der Waals surface area contributed by atoms with Gasteiger partial charge in [-0.2, -0.15) is 0 Å². The van der Waals surface area contributed by atoms with Gasteiger partial charge in [0.1, 0.15) is 0 Å². The van der Waals surface area contributed by atoms with Crippen molar-refractivity contribution in [2.24, 2.45) is 5.92 Å². The zero-order valence-electron chi connectivity index (χ0n) is 11.5. The summed E-state index contributed by atoms with van der Waals surface area (Å²) in [5, 5.41) is 3.33. The molecule has 0 aromatic carbocycles. The van der Waals surface area contributed by atoms with E-state index < -0.39 is 0 Å². The van der Waals surface area contributed by atoms with Crippen LogP contribution in [0.3, 0.4) is 0 Å². The largest absolute Gasteiger partial charge is 0.381 e. The molecule has 1 aliphatic carbocycles. The number of likely N-dealkylation sites (tertiary alicyclic amines) is 1. The lowest BCUT2D eigenvalue weighted by atomic mass is 9.88. The van der Waals surface area contributed by atoms with Gasteiger partial charge in [-0.15, -0.1) is 0 Å². The molecule has 0 aromatic heterocycles. The van der Waals surface area contributed by atoms with E-state index in [-0.39, 0.29) is 0 Å². The van der Waals surface area contributed by atoms with Gasteiger partial charge in [0.25, 0.3) is 0 Å². The molecule has 2 fully saturated rings. The van der Waals surface area contributed by atoms with Crippen LogP contribution >= 0.6 is 0 Å². The molecule has 17 heavy (non-hydrogen) atoms. The Morgan fingerprint density at radius 3 is 2.88 bits per heavy atom. The molecule has 0 bridgehead atoms. The second-order valence-electron chi connectivity index (χ2n) is 5.74. The number of hydrogen-bond acceptors (Lipinski definition) is 3. The van der Waals surface area contributed by atoms with Crippen molar-refractivity contribution in [1.29, 1.82) is 0 Å². The van der Waals surface area contributed by atoms with Gasteiger partial charge < -0.3 is 10.1 Å². The Hall–Kier alpha value is -0.120. The Balaban J connectivity index is 1.83. The molecule has 1 aliphatic heterocycles. The van der Waals surface area contributed by atoms with Crippen molar-refractivity contribution < 1.29 is 4.74 Å². The molecule has 2 aliphatic rings. The summed E-state index contributed by atoms with van der Waals surface area (Å²) >= 11 is 0. The van der Waals surface area contributed by atoms with E-state index in [0.29, 0.717) is 6.10 Å². The van der Waals surface area contributed by atoms with Crippen molar-refractivity contribution >= 4 is 0 Å². The van der Waals surface area contributed by atoms with E-state index >= 15 is 0 Å². The lowest BCUT2D eigenvalue weighted by Gasteiger charge is -2.41. The average Bonchev–Trinajstić information content (AvgIpc) is 2.40. The van der Waals surface area contributed by atoms with Gasteiger partial charge in [-0.25, -0.2) is 0 Å². The maximum absolute atomic E-state index is 5.55. The SMILES string of the molecule is CNCC1CCCN(C2CCCC(OC)C2)C1. The van der Waals surface area contributed by atoms with E-state index in [0.717, 1.165) is 12.0 Å². The minimum atomic E-state index is 0.512. The van der Waals surface area contributed by atoms with E-state index in [1.54, 1.807) is 0 Å². The van der Waals surface area contributed by atoms with Crippen LogP contribution in [0.5, 0.6) is 0 Å². The Labute approximate surface area is 106 Å². The fourth-order valence-corrected chi connectivity index (χ4v) is 3.55. The van der Waals surface area contributed by atoms with E-state index in [2.05, 4.69) is 17.3 Å². The Kier molecular flexibility index (Phi) is 5.26. The average molecular weight is 240 g/mol. The van der Waals surface area contributed by atoms with E-state index in [1.165, 1.54) is 58.2 Å². The molecule has 100 valence electrons. The van der Waals surface area contributed by atoms with Crippen molar-refractivity contribution in [3.8, 4) is 0 Å². The third kappa shape index (κ3) is 3.67. The smallest absolute Gasteiger partial charge is 0.0586 e. The summed E-state index contributed by atoms with van der Waals surface area (Å²) in [5.74, 6) is 0.858. The van der Waals surface area contributed by atoms with Crippen LogP contribution in [0, 0.1) is 5.92 Å². The summed E-state index contributed by atoms with van der Waals surface area (Å²) in [5.41, 5.74) is 0. The quantitative estimate of drug-likeness (QED) is 0.812. The van der Waals surface area contributed by atoms with Crippen LogP contribution in [0.1, 0.15) is 38.5 Å². The molecule has 2 rings (SSSR count). The number of hydrogen-bond donors (Lipinski definition) is 1. The Bertz CT molecular complexity index is 220. The molecule has 1 saturated heterocycles. The van der Waals surface area contributed by atoms with Gasteiger partial charge in [0.2, 0.25) is 0 Å². The van der Waals surface area contributed by atoms with Crippen molar-refractivity contribution in [3.05, 3.63) is 0 Å². The molecule has 1 saturated carbocycles. The van der Waals surface area contributed by atoms with Crippen molar-refractivity contribution in [1.82, 2.24) is 10.2 Å². The first kappa shape index (κ1) is 13.3. The zero-order valence-corrected chi connectivity index (χ0v) is 11.5. The van der Waals surface area contributed by atoms with Crippen LogP contribution in [0.15, 0.2) is 0 Å². The number of nitrogens with one attached hydrogen (secondary N) is 1. The second kappa shape index (κ2) is 6.72. The fourth-order valence-electron chi connectivity index (χ4n) is 3.55. The van der Waals surface area contributed by atoms with E-state index in [4.69, 9.17) is 4.74 Å². The van der Waals surface area contributed by atoms with Crippen LogP contribution in [0.4, 0.5) is 0 Å². The van der Waals surface area contributed by atoms with Gasteiger partial charge in [0, 0.05) is 19.7 Å². The highest BCUT2D eigenvalue weighted by molar-refractivity contribution is 4.84. The molecule has 0 amide bonds. The highest BCUT2D eigenvalue weighted by atomic mass is 16.5. The number of piperidine rings is 1. The molecular formula is C14H28N2O. The van der Waals surface area contributed by atoms with Crippen LogP contribution < -0.4 is 5.32 Å². The lowest BCUT2D eigenvalue weighted by molar-refractivity contribution is 0.0152. The molecule has 1 heterocycles. The topological polar surface area (TPSA) is 24.5 Å². The summed E-state index contributed by atoms with van der Waals surface area (Å²) in [4.78, 5) is 2.73. The summed E-state index contributed by atoms with van der Waals surface area (Å²) in [7, 11) is 3.94. The first-order chi connectivity index (χ1) is 8.33. The molecule has 3 nitrogen and oxygen atoms in total. The highest BCUT2D eigenvalue weighted by Crippen LogP contribution is 2.28. The molecule has 1 N–H and O–H groups in total. The first-order valence-electron chi connectivity index (χ1n) is 7.25. The molecular weight excluding hydrogens is 212 g/mol. The van der Waals surface area contributed by atoms with Gasteiger partial charge in [0.15, 0.2) is 0 Å². The summed E-state index contributed by atoms with van der Waals surface area (Å²) < 4.78 is 5.55. The normalized spacial score (nSPS) is 36.0. The molecule has 0 radical (unpaired) electrons. The predicted molar refractivity (Wildman–Crippen MR) is 71.3 cm³/mol. The summed E-state index contributed by atoms with van der Waals surface area (Å²) in [6.07, 6.45) is 8.53. The van der Waals surface area contributed by atoms with Crippen molar-refractivity contribution in [2.75, 3.05) is 33.8 Å². The molecule has 3 heteroatoms. The number of nitrogens with zero attached hydrogens (tertiary/aromatic N) is 1. The van der Waals surface area contributed by atoms with Crippen molar-refractivity contribution in [2.45, 2.75) is 50.7 Å². The third-order valence-corrected chi connectivity index (χ3v) is 4.49. The minimum absolute atomic E-state index is 0.512. The standard InChI is InChI=1S/C14H28N2O/c1-15-10-12-5-4-8-16(11-12)13-6-3-7-14(9-13)17-2/h12-15H,3-11H2,1-2H3. The Morgan fingerprint density at radius 2 is 2.12 bits per heavy atom. The molecule has 0 spiro atoms. The highest BCUT2D eigenvalue weighted by Gasteiger charge is 2.29. The van der Waals surface area contributed by atoms with Crippen LogP contribution in [0.25, 0.3) is 0 Å². The molecule has 3 atom stereocenters. The van der Waals surface area contributed by atoms with E-state index in [1.807, 2.05) is 7.11 Å². The first-order valence-corrected chi connectivity index (χ1v) is 7.25. The number of rotatable bonds is 4. The lowest BCUT2D eigenvalue weighted by Crippen LogP contribution is -2.47. The number of ether oxygens (including phenoxy) is 1. The molecule has 0 aromatic rings. The maximum atomic E-state index is 5.55. The van der Waals surface area contributed by atoms with Gasteiger partial charge in [0.05, 0.1) is 6.10 Å². The monoisotopic (exact) mass is 240 g/mol. The maximum Gasteiger partial charge on any atom is 0.0586 e. The van der Waals surface area contributed by atoms with Gasteiger partial charge >= 0.3 is 0 Å². The van der Waals surface area contributed by atoms with Crippen LogP contribution in [-0.4, -0.2) is 50.8 Å². The molecule has 3 unspecified atom stereocenters. The van der Waals surface area contributed by atoms with Crippen LogP contribution in [0.2, 0.25) is 0 Å². The Morgan fingerprint density at radius 1 is 1.24 bits per heavy atom. The van der Waals surface area contributed by atoms with Gasteiger partial charge in [-0.1, -0.05) is 0 Å². The summed E-state index contributed by atoms with van der Waals surface area (Å²) in [6, 6.07) is 0.786. The van der Waals surface area contributed by atoms with Gasteiger partial charge in [-0.3, -0.25) is 4.90 Å².